The van der Waals surface area contributed by atoms with Gasteiger partial charge in [0.25, 0.3) is 11.6 Å². The van der Waals surface area contributed by atoms with E-state index in [2.05, 4.69) is 4.98 Å². The van der Waals surface area contributed by atoms with Crippen LogP contribution in [0.5, 0.6) is 0 Å². The number of carbonyl (C=O) groups excluding carboxylic acids is 1. The summed E-state index contributed by atoms with van der Waals surface area (Å²) in [5.41, 5.74) is 0.786. The van der Waals surface area contributed by atoms with E-state index in [1.165, 1.54) is 45.7 Å². The molecule has 162 valence electrons. The number of aromatic nitrogens is 1. The van der Waals surface area contributed by atoms with Crippen LogP contribution in [0.2, 0.25) is 10.0 Å². The van der Waals surface area contributed by atoms with Crippen LogP contribution in [0.1, 0.15) is 10.4 Å². The topological polar surface area (TPSA) is 117 Å². The molecule has 0 saturated carbocycles. The van der Waals surface area contributed by atoms with Crippen molar-refractivity contribution in [2.24, 2.45) is 0 Å². The van der Waals surface area contributed by atoms with Gasteiger partial charge in [0.15, 0.2) is 0 Å². The van der Waals surface area contributed by atoms with E-state index in [4.69, 9.17) is 23.2 Å². The quantitative estimate of drug-likeness (QED) is 0.450. The van der Waals surface area contributed by atoms with Crippen molar-refractivity contribution in [3.63, 3.8) is 0 Å². The predicted molar refractivity (Wildman–Crippen MR) is 116 cm³/mol. The number of amides is 1. The number of non-ortho nitro benzene ring substituents is 1. The number of sulfonamides is 1. The standard InChI is InChI=1S/C19H16Cl2N4O5S/c20-12-1-3-16(21)18(9-12)31(29,30)24-7-5-23(6-8-24)19(26)15-11-22-17-4-2-13(25(27)28)10-14(15)17/h1-4,9-11,22H,5-8H2. The Morgan fingerprint density at radius 3 is 2.45 bits per heavy atom. The molecule has 0 radical (unpaired) electrons. The van der Waals surface area contributed by atoms with Gasteiger partial charge in [-0.05, 0) is 24.3 Å². The lowest BCUT2D eigenvalue weighted by Crippen LogP contribution is -2.50. The number of nitrogens with zero attached hydrogens (tertiary/aromatic N) is 3. The highest BCUT2D eigenvalue weighted by Crippen LogP contribution is 2.29. The van der Waals surface area contributed by atoms with Crippen LogP contribution in [0.3, 0.4) is 0 Å². The first-order valence-corrected chi connectivity index (χ1v) is 11.4. The van der Waals surface area contributed by atoms with Crippen LogP contribution in [-0.4, -0.2) is 59.6 Å². The van der Waals surface area contributed by atoms with Crippen LogP contribution in [-0.2, 0) is 10.0 Å². The predicted octanol–water partition coefficient (Wildman–Crippen LogP) is 3.53. The van der Waals surface area contributed by atoms with E-state index in [0.29, 0.717) is 16.5 Å². The van der Waals surface area contributed by atoms with Crippen LogP contribution in [0.15, 0.2) is 47.5 Å². The molecule has 1 saturated heterocycles. The summed E-state index contributed by atoms with van der Waals surface area (Å²) in [6.07, 6.45) is 1.51. The maximum absolute atomic E-state index is 13.0. The fraction of sp³-hybridized carbons (Fsp3) is 0.211. The Bertz CT molecular complexity index is 1300. The van der Waals surface area contributed by atoms with Crippen LogP contribution in [0.4, 0.5) is 5.69 Å². The second-order valence-corrected chi connectivity index (χ2v) is 9.71. The fourth-order valence-corrected chi connectivity index (χ4v) is 5.67. The number of nitro benzene ring substituents is 1. The highest BCUT2D eigenvalue weighted by molar-refractivity contribution is 7.89. The normalized spacial score (nSPS) is 15.4. The molecule has 1 aromatic heterocycles. The van der Waals surface area contributed by atoms with E-state index >= 15 is 0 Å². The minimum absolute atomic E-state index is 0.0725. The zero-order valence-electron chi connectivity index (χ0n) is 15.9. The number of hydrogen-bond acceptors (Lipinski definition) is 5. The number of halogens is 2. The second-order valence-electron chi connectivity index (χ2n) is 6.96. The molecule has 0 unspecified atom stereocenters. The van der Waals surface area contributed by atoms with Crippen molar-refractivity contribution in [2.45, 2.75) is 4.90 Å². The van der Waals surface area contributed by atoms with E-state index in [9.17, 15) is 23.3 Å². The maximum atomic E-state index is 13.0. The first kappa shape index (κ1) is 21.6. The van der Waals surface area contributed by atoms with E-state index in [1.54, 1.807) is 6.07 Å². The zero-order chi connectivity index (χ0) is 22.3. The molecule has 1 fully saturated rings. The third-order valence-electron chi connectivity index (χ3n) is 5.14. The molecule has 0 atom stereocenters. The summed E-state index contributed by atoms with van der Waals surface area (Å²) in [6, 6.07) is 8.48. The fourth-order valence-electron chi connectivity index (χ4n) is 3.51. The number of rotatable bonds is 4. The number of fused-ring (bicyclic) bond motifs is 1. The summed E-state index contributed by atoms with van der Waals surface area (Å²) in [6.45, 7) is 0.495. The highest BCUT2D eigenvalue weighted by Gasteiger charge is 2.32. The second kappa shape index (κ2) is 8.12. The molecule has 4 rings (SSSR count). The van der Waals surface area contributed by atoms with Crippen LogP contribution < -0.4 is 0 Å². The number of carbonyl (C=O) groups is 1. The first-order valence-electron chi connectivity index (χ1n) is 9.18. The summed E-state index contributed by atoms with van der Waals surface area (Å²) in [7, 11) is -3.87. The number of benzene rings is 2. The van der Waals surface area contributed by atoms with Crippen molar-refractivity contribution in [3.8, 4) is 0 Å². The summed E-state index contributed by atoms with van der Waals surface area (Å²) >= 11 is 12.0. The van der Waals surface area contributed by atoms with Gasteiger partial charge in [0.2, 0.25) is 10.0 Å². The van der Waals surface area contributed by atoms with E-state index in [1.807, 2.05) is 0 Å². The zero-order valence-corrected chi connectivity index (χ0v) is 18.2. The molecule has 31 heavy (non-hydrogen) atoms. The lowest BCUT2D eigenvalue weighted by molar-refractivity contribution is -0.384. The molecule has 1 amide bonds. The third-order valence-corrected chi connectivity index (χ3v) is 7.76. The number of aromatic amines is 1. The Labute approximate surface area is 187 Å². The lowest BCUT2D eigenvalue weighted by Gasteiger charge is -2.34. The number of H-pyrrole nitrogens is 1. The lowest BCUT2D eigenvalue weighted by atomic mass is 10.1. The van der Waals surface area contributed by atoms with Crippen molar-refractivity contribution in [2.75, 3.05) is 26.2 Å². The number of hydrogen-bond donors (Lipinski definition) is 1. The van der Waals surface area contributed by atoms with Gasteiger partial charge >= 0.3 is 0 Å². The van der Waals surface area contributed by atoms with Crippen molar-refractivity contribution < 1.29 is 18.1 Å². The Morgan fingerprint density at radius 2 is 1.77 bits per heavy atom. The molecule has 1 aliphatic heterocycles. The molecule has 0 spiro atoms. The maximum Gasteiger partial charge on any atom is 0.270 e. The minimum Gasteiger partial charge on any atom is -0.360 e. The summed E-state index contributed by atoms with van der Waals surface area (Å²) in [5, 5.41) is 11.8. The van der Waals surface area contributed by atoms with Crippen molar-refractivity contribution in [3.05, 3.63) is 68.3 Å². The Kier molecular flexibility index (Phi) is 5.65. The van der Waals surface area contributed by atoms with Gasteiger partial charge in [0.05, 0.1) is 15.5 Å². The average molecular weight is 483 g/mol. The van der Waals surface area contributed by atoms with Crippen LogP contribution in [0, 0.1) is 10.1 Å². The molecule has 3 aromatic rings. The Balaban J connectivity index is 1.53. The van der Waals surface area contributed by atoms with Crippen LogP contribution in [0.25, 0.3) is 10.9 Å². The van der Waals surface area contributed by atoms with Gasteiger partial charge in [-0.3, -0.25) is 14.9 Å². The van der Waals surface area contributed by atoms with Gasteiger partial charge in [0.1, 0.15) is 4.90 Å². The van der Waals surface area contributed by atoms with E-state index < -0.39 is 14.9 Å². The molecular formula is C19H16Cl2N4O5S. The largest absolute Gasteiger partial charge is 0.360 e. The monoisotopic (exact) mass is 482 g/mol. The molecule has 0 aliphatic carbocycles. The van der Waals surface area contributed by atoms with Crippen molar-refractivity contribution in [1.82, 2.24) is 14.2 Å². The van der Waals surface area contributed by atoms with Gasteiger partial charge in [-0.1, -0.05) is 23.2 Å². The summed E-state index contributed by atoms with van der Waals surface area (Å²) in [5.74, 6) is -0.329. The van der Waals surface area contributed by atoms with Crippen molar-refractivity contribution >= 4 is 55.7 Å². The molecule has 2 heterocycles. The molecular weight excluding hydrogens is 467 g/mol. The minimum atomic E-state index is -3.87. The Morgan fingerprint density at radius 1 is 1.06 bits per heavy atom. The van der Waals surface area contributed by atoms with Crippen LogP contribution >= 0.6 is 23.2 Å². The molecule has 1 N–H and O–H groups in total. The van der Waals surface area contributed by atoms with Crippen molar-refractivity contribution in [1.29, 1.82) is 0 Å². The van der Waals surface area contributed by atoms with Gasteiger partial charge in [-0.25, -0.2) is 8.42 Å². The number of nitro groups is 1. The summed E-state index contributed by atoms with van der Waals surface area (Å²) < 4.78 is 27.2. The molecule has 2 aromatic carbocycles. The smallest absolute Gasteiger partial charge is 0.270 e. The van der Waals surface area contributed by atoms with Gasteiger partial charge in [-0.15, -0.1) is 0 Å². The van der Waals surface area contributed by atoms with E-state index in [-0.39, 0.29) is 52.7 Å². The molecule has 9 nitrogen and oxygen atoms in total. The van der Waals surface area contributed by atoms with Gasteiger partial charge in [0, 0.05) is 60.4 Å². The molecule has 0 bridgehead atoms. The molecule has 1 aliphatic rings. The van der Waals surface area contributed by atoms with E-state index in [0.717, 1.165) is 0 Å². The average Bonchev–Trinajstić information content (AvgIpc) is 3.18. The van der Waals surface area contributed by atoms with Gasteiger partial charge in [-0.2, -0.15) is 4.31 Å². The highest BCUT2D eigenvalue weighted by atomic mass is 35.5. The number of piperazine rings is 1. The van der Waals surface area contributed by atoms with Gasteiger partial charge < -0.3 is 9.88 Å². The Hall–Kier alpha value is -2.66. The molecule has 12 heteroatoms. The third kappa shape index (κ3) is 3.99. The summed E-state index contributed by atoms with van der Waals surface area (Å²) in [4.78, 5) is 27.9. The SMILES string of the molecule is O=C(c1c[nH]c2ccc([N+](=O)[O-])cc12)N1CCN(S(=O)(=O)c2cc(Cl)ccc2Cl)CC1. The number of nitrogens with one attached hydrogen (secondary N) is 1. The first-order chi connectivity index (χ1) is 14.7.